The van der Waals surface area contributed by atoms with Crippen LogP contribution in [0.15, 0.2) is 40.9 Å². The summed E-state index contributed by atoms with van der Waals surface area (Å²) in [5.41, 5.74) is 1.54. The van der Waals surface area contributed by atoms with Crippen molar-refractivity contribution in [1.29, 1.82) is 0 Å². The lowest BCUT2D eigenvalue weighted by Gasteiger charge is -2.12. The fourth-order valence-electron chi connectivity index (χ4n) is 1.81. The van der Waals surface area contributed by atoms with Gasteiger partial charge in [-0.3, -0.25) is 10.1 Å². The molecule has 0 saturated carbocycles. The maximum Gasteiger partial charge on any atom is 0.337 e. The van der Waals surface area contributed by atoms with E-state index < -0.39 is 10.9 Å². The normalized spacial score (nSPS) is 10.2. The van der Waals surface area contributed by atoms with Crippen molar-refractivity contribution in [3.8, 4) is 0 Å². The number of non-ortho nitro benzene ring substituents is 1. The first-order valence-corrected chi connectivity index (χ1v) is 6.72. The van der Waals surface area contributed by atoms with Gasteiger partial charge in [-0.05, 0) is 30.7 Å². The van der Waals surface area contributed by atoms with E-state index >= 15 is 0 Å². The molecule has 0 aliphatic carbocycles. The zero-order valence-electron chi connectivity index (χ0n) is 11.0. The van der Waals surface area contributed by atoms with Gasteiger partial charge >= 0.3 is 5.97 Å². The molecule has 0 radical (unpaired) electrons. The van der Waals surface area contributed by atoms with Crippen LogP contribution in [0.3, 0.4) is 0 Å². The Balaban J connectivity index is 2.50. The predicted octanol–water partition coefficient (Wildman–Crippen LogP) is 4.11. The maximum absolute atomic E-state index is 11.2. The standard InChI is InChI=1S/C14H11BrN2O4/c1-8-2-3-9(15)6-12(8)16-13-7-10(17(20)21)4-5-11(13)14(18)19/h2-7,16H,1H3,(H,18,19). The van der Waals surface area contributed by atoms with Gasteiger partial charge in [-0.15, -0.1) is 0 Å². The van der Waals surface area contributed by atoms with Crippen LogP contribution in [0.25, 0.3) is 0 Å². The molecular formula is C14H11BrN2O4. The first-order valence-electron chi connectivity index (χ1n) is 5.93. The average molecular weight is 351 g/mol. The highest BCUT2D eigenvalue weighted by atomic mass is 79.9. The number of nitrogens with zero attached hydrogens (tertiary/aromatic N) is 1. The van der Waals surface area contributed by atoms with Gasteiger partial charge in [0.2, 0.25) is 0 Å². The van der Waals surface area contributed by atoms with Gasteiger partial charge in [0.25, 0.3) is 5.69 Å². The van der Waals surface area contributed by atoms with Crippen LogP contribution in [0.1, 0.15) is 15.9 Å². The van der Waals surface area contributed by atoms with E-state index in [-0.39, 0.29) is 16.9 Å². The van der Waals surface area contributed by atoms with Gasteiger partial charge in [0.1, 0.15) is 0 Å². The van der Waals surface area contributed by atoms with E-state index in [2.05, 4.69) is 21.2 Å². The Morgan fingerprint density at radius 1 is 1.24 bits per heavy atom. The Kier molecular flexibility index (Phi) is 4.23. The minimum atomic E-state index is -1.15. The number of halogens is 1. The van der Waals surface area contributed by atoms with E-state index in [1.54, 1.807) is 6.07 Å². The molecule has 0 unspecified atom stereocenters. The van der Waals surface area contributed by atoms with Crippen molar-refractivity contribution in [3.63, 3.8) is 0 Å². The van der Waals surface area contributed by atoms with Crippen molar-refractivity contribution in [3.05, 3.63) is 62.1 Å². The van der Waals surface area contributed by atoms with Crippen molar-refractivity contribution < 1.29 is 14.8 Å². The number of nitro benzene ring substituents is 1. The van der Waals surface area contributed by atoms with Crippen molar-refractivity contribution in [1.82, 2.24) is 0 Å². The number of hydrogen-bond acceptors (Lipinski definition) is 4. The molecule has 2 aromatic rings. The number of nitrogens with one attached hydrogen (secondary N) is 1. The zero-order valence-corrected chi connectivity index (χ0v) is 12.5. The summed E-state index contributed by atoms with van der Waals surface area (Å²) in [4.78, 5) is 21.5. The second-order valence-electron chi connectivity index (χ2n) is 4.38. The maximum atomic E-state index is 11.2. The van der Waals surface area contributed by atoms with Gasteiger partial charge in [0.15, 0.2) is 0 Å². The van der Waals surface area contributed by atoms with Crippen molar-refractivity contribution in [2.24, 2.45) is 0 Å². The van der Waals surface area contributed by atoms with Gasteiger partial charge in [0, 0.05) is 22.3 Å². The lowest BCUT2D eigenvalue weighted by atomic mass is 10.1. The number of benzene rings is 2. The lowest BCUT2D eigenvalue weighted by Crippen LogP contribution is -2.04. The predicted molar refractivity (Wildman–Crippen MR) is 82.2 cm³/mol. The minimum Gasteiger partial charge on any atom is -0.478 e. The third-order valence-corrected chi connectivity index (χ3v) is 3.41. The van der Waals surface area contributed by atoms with Crippen LogP contribution in [0.5, 0.6) is 0 Å². The quantitative estimate of drug-likeness (QED) is 0.639. The first-order chi connectivity index (χ1) is 9.88. The van der Waals surface area contributed by atoms with Gasteiger partial charge in [-0.25, -0.2) is 4.79 Å². The van der Waals surface area contributed by atoms with Gasteiger partial charge < -0.3 is 10.4 Å². The number of carbonyl (C=O) groups is 1. The third-order valence-electron chi connectivity index (χ3n) is 2.91. The van der Waals surface area contributed by atoms with Crippen LogP contribution in [-0.2, 0) is 0 Å². The molecule has 2 rings (SSSR count). The molecule has 0 aliphatic rings. The molecule has 0 aliphatic heterocycles. The summed E-state index contributed by atoms with van der Waals surface area (Å²) in [7, 11) is 0. The topological polar surface area (TPSA) is 92.5 Å². The highest BCUT2D eigenvalue weighted by molar-refractivity contribution is 9.10. The average Bonchev–Trinajstić information content (AvgIpc) is 2.42. The molecule has 0 fully saturated rings. The molecule has 7 heteroatoms. The molecule has 0 atom stereocenters. The van der Waals surface area contributed by atoms with Crippen molar-refractivity contribution >= 4 is 39.0 Å². The Bertz CT molecular complexity index is 731. The summed E-state index contributed by atoms with van der Waals surface area (Å²) in [6, 6.07) is 9.08. The summed E-state index contributed by atoms with van der Waals surface area (Å²) >= 11 is 3.33. The number of anilines is 2. The highest BCUT2D eigenvalue weighted by Gasteiger charge is 2.16. The van der Waals surface area contributed by atoms with Crippen LogP contribution >= 0.6 is 15.9 Å². The molecule has 0 heterocycles. The smallest absolute Gasteiger partial charge is 0.337 e. The Hall–Kier alpha value is -2.41. The van der Waals surface area contributed by atoms with Crippen molar-refractivity contribution in [2.75, 3.05) is 5.32 Å². The Morgan fingerprint density at radius 2 is 1.95 bits per heavy atom. The summed E-state index contributed by atoms with van der Waals surface area (Å²) < 4.78 is 0.818. The summed E-state index contributed by atoms with van der Waals surface area (Å²) in [5.74, 6) is -1.15. The van der Waals surface area contributed by atoms with Crippen LogP contribution in [-0.4, -0.2) is 16.0 Å². The number of aryl methyl sites for hydroxylation is 1. The molecule has 21 heavy (non-hydrogen) atoms. The number of carboxylic acid groups (broad SMARTS) is 1. The van der Waals surface area contributed by atoms with Crippen LogP contribution in [0.4, 0.5) is 17.1 Å². The second kappa shape index (κ2) is 5.92. The molecule has 108 valence electrons. The van der Waals surface area contributed by atoms with E-state index in [1.807, 2.05) is 19.1 Å². The Labute approximate surface area is 128 Å². The third kappa shape index (κ3) is 3.38. The van der Waals surface area contributed by atoms with E-state index in [0.717, 1.165) is 10.0 Å². The molecule has 0 bridgehead atoms. The summed E-state index contributed by atoms with van der Waals surface area (Å²) in [5, 5.41) is 23.0. The van der Waals surface area contributed by atoms with Gasteiger partial charge in [0.05, 0.1) is 16.2 Å². The number of rotatable bonds is 4. The van der Waals surface area contributed by atoms with Crippen LogP contribution < -0.4 is 5.32 Å². The fraction of sp³-hybridized carbons (Fsp3) is 0.0714. The highest BCUT2D eigenvalue weighted by Crippen LogP contribution is 2.29. The van der Waals surface area contributed by atoms with Crippen molar-refractivity contribution in [2.45, 2.75) is 6.92 Å². The molecule has 6 nitrogen and oxygen atoms in total. The fourth-order valence-corrected chi connectivity index (χ4v) is 2.17. The van der Waals surface area contributed by atoms with E-state index in [4.69, 9.17) is 0 Å². The molecule has 0 aromatic heterocycles. The molecule has 0 amide bonds. The number of nitro groups is 1. The number of aromatic carboxylic acids is 1. The monoisotopic (exact) mass is 350 g/mol. The molecule has 2 aromatic carbocycles. The van der Waals surface area contributed by atoms with Crippen LogP contribution in [0, 0.1) is 17.0 Å². The van der Waals surface area contributed by atoms with E-state index in [9.17, 15) is 20.0 Å². The Morgan fingerprint density at radius 3 is 2.57 bits per heavy atom. The van der Waals surface area contributed by atoms with E-state index in [1.165, 1.54) is 18.2 Å². The summed E-state index contributed by atoms with van der Waals surface area (Å²) in [6.45, 7) is 1.85. The zero-order chi connectivity index (χ0) is 15.6. The second-order valence-corrected chi connectivity index (χ2v) is 5.29. The summed E-state index contributed by atoms with van der Waals surface area (Å²) in [6.07, 6.45) is 0. The SMILES string of the molecule is Cc1ccc(Br)cc1Nc1cc([N+](=O)[O-])ccc1C(=O)O. The lowest BCUT2D eigenvalue weighted by molar-refractivity contribution is -0.384. The minimum absolute atomic E-state index is 0.0278. The molecule has 0 spiro atoms. The first kappa shape index (κ1) is 15.0. The van der Waals surface area contributed by atoms with Crippen LogP contribution in [0.2, 0.25) is 0 Å². The van der Waals surface area contributed by atoms with E-state index in [0.29, 0.717) is 5.69 Å². The molecular weight excluding hydrogens is 340 g/mol. The number of hydrogen-bond donors (Lipinski definition) is 2. The van der Waals surface area contributed by atoms with Gasteiger partial charge in [-0.1, -0.05) is 22.0 Å². The van der Waals surface area contributed by atoms with Gasteiger partial charge in [-0.2, -0.15) is 0 Å². The molecule has 0 saturated heterocycles. The largest absolute Gasteiger partial charge is 0.478 e. The number of carboxylic acids is 1. The molecule has 2 N–H and O–H groups in total.